The van der Waals surface area contributed by atoms with Gasteiger partial charge in [0.2, 0.25) is 5.95 Å². The summed E-state index contributed by atoms with van der Waals surface area (Å²) >= 11 is 0. The van der Waals surface area contributed by atoms with Gasteiger partial charge in [0.05, 0.1) is 5.52 Å². The molecule has 0 saturated heterocycles. The van der Waals surface area contributed by atoms with Gasteiger partial charge in [0.15, 0.2) is 0 Å². The van der Waals surface area contributed by atoms with Crippen LogP contribution in [0.15, 0.2) is 67.0 Å². The summed E-state index contributed by atoms with van der Waals surface area (Å²) in [6.45, 7) is 2.63. The molecule has 0 aliphatic rings. The molecule has 2 aromatic heterocycles. The molecule has 27 heavy (non-hydrogen) atoms. The molecule has 2 heterocycles. The Balaban J connectivity index is 1.51. The molecule has 0 aliphatic carbocycles. The van der Waals surface area contributed by atoms with Crippen molar-refractivity contribution in [2.75, 3.05) is 11.9 Å². The predicted octanol–water partition coefficient (Wildman–Crippen LogP) is 4.79. The van der Waals surface area contributed by atoms with Crippen LogP contribution in [0.1, 0.15) is 11.3 Å². The van der Waals surface area contributed by atoms with Gasteiger partial charge in [-0.3, -0.25) is 4.98 Å². The number of anilines is 1. The largest absolute Gasteiger partial charge is 0.354 e. The van der Waals surface area contributed by atoms with Crippen LogP contribution in [-0.4, -0.2) is 21.5 Å². The first kappa shape index (κ1) is 17.1. The number of aromatic nitrogens is 3. The van der Waals surface area contributed by atoms with Gasteiger partial charge in [-0.25, -0.2) is 14.4 Å². The van der Waals surface area contributed by atoms with Gasteiger partial charge in [-0.1, -0.05) is 18.2 Å². The Morgan fingerprint density at radius 1 is 1.00 bits per heavy atom. The maximum atomic E-state index is 13.3. The van der Waals surface area contributed by atoms with Gasteiger partial charge < -0.3 is 5.32 Å². The zero-order valence-corrected chi connectivity index (χ0v) is 15.0. The number of rotatable bonds is 5. The molecule has 0 saturated carbocycles. The van der Waals surface area contributed by atoms with Crippen LogP contribution in [0.25, 0.3) is 22.0 Å². The zero-order valence-electron chi connectivity index (χ0n) is 15.0. The number of fused-ring (bicyclic) bond motifs is 1. The van der Waals surface area contributed by atoms with E-state index in [1.54, 1.807) is 18.3 Å². The number of nitrogens with zero attached hydrogens (tertiary/aromatic N) is 3. The van der Waals surface area contributed by atoms with Crippen molar-refractivity contribution in [2.24, 2.45) is 0 Å². The van der Waals surface area contributed by atoms with Gasteiger partial charge in [0.1, 0.15) is 5.82 Å². The van der Waals surface area contributed by atoms with E-state index in [2.05, 4.69) is 20.3 Å². The summed E-state index contributed by atoms with van der Waals surface area (Å²) < 4.78 is 13.3. The van der Waals surface area contributed by atoms with Gasteiger partial charge in [0, 0.05) is 36.4 Å². The Kier molecular flexibility index (Phi) is 4.75. The van der Waals surface area contributed by atoms with Crippen LogP contribution in [0.2, 0.25) is 0 Å². The van der Waals surface area contributed by atoms with E-state index in [9.17, 15) is 4.39 Å². The molecule has 0 bridgehead atoms. The first-order valence-corrected chi connectivity index (χ1v) is 8.86. The number of aryl methyl sites for hydroxylation is 1. The van der Waals surface area contributed by atoms with Crippen LogP contribution < -0.4 is 5.32 Å². The average molecular weight is 358 g/mol. The highest BCUT2D eigenvalue weighted by atomic mass is 19.1. The first-order valence-electron chi connectivity index (χ1n) is 8.86. The Bertz CT molecular complexity index is 1080. The SMILES string of the molecule is Cc1cc(F)ccc1-c1ccc2nc(NCCc3ccccn3)ncc2c1. The summed E-state index contributed by atoms with van der Waals surface area (Å²) in [4.78, 5) is 13.3. The van der Waals surface area contributed by atoms with Crippen molar-refractivity contribution in [3.8, 4) is 11.1 Å². The fraction of sp³-hybridized carbons (Fsp3) is 0.136. The number of hydrogen-bond donors (Lipinski definition) is 1. The summed E-state index contributed by atoms with van der Waals surface area (Å²) in [5.74, 6) is 0.380. The fourth-order valence-electron chi connectivity index (χ4n) is 3.09. The van der Waals surface area contributed by atoms with Crippen molar-refractivity contribution in [2.45, 2.75) is 13.3 Å². The number of pyridine rings is 1. The summed E-state index contributed by atoms with van der Waals surface area (Å²) in [7, 11) is 0. The van der Waals surface area contributed by atoms with E-state index in [1.807, 2.05) is 49.5 Å². The van der Waals surface area contributed by atoms with E-state index in [1.165, 1.54) is 6.07 Å². The maximum absolute atomic E-state index is 13.3. The van der Waals surface area contributed by atoms with Gasteiger partial charge in [-0.15, -0.1) is 0 Å². The second kappa shape index (κ2) is 7.50. The normalized spacial score (nSPS) is 10.9. The van der Waals surface area contributed by atoms with E-state index in [4.69, 9.17) is 0 Å². The van der Waals surface area contributed by atoms with Gasteiger partial charge in [-0.2, -0.15) is 0 Å². The monoisotopic (exact) mass is 358 g/mol. The van der Waals surface area contributed by atoms with Crippen molar-refractivity contribution >= 4 is 16.9 Å². The molecule has 0 atom stereocenters. The highest BCUT2D eigenvalue weighted by Gasteiger charge is 2.06. The lowest BCUT2D eigenvalue weighted by molar-refractivity contribution is 0.627. The lowest BCUT2D eigenvalue weighted by Crippen LogP contribution is -2.08. The fourth-order valence-corrected chi connectivity index (χ4v) is 3.09. The first-order chi connectivity index (χ1) is 13.2. The molecule has 0 fully saturated rings. The maximum Gasteiger partial charge on any atom is 0.223 e. The van der Waals surface area contributed by atoms with Crippen LogP contribution in [-0.2, 0) is 6.42 Å². The van der Waals surface area contributed by atoms with E-state index in [0.717, 1.165) is 46.3 Å². The third-order valence-corrected chi connectivity index (χ3v) is 4.47. The van der Waals surface area contributed by atoms with Crippen LogP contribution >= 0.6 is 0 Å². The summed E-state index contributed by atoms with van der Waals surface area (Å²) in [5, 5.41) is 4.19. The molecule has 1 N–H and O–H groups in total. The van der Waals surface area contributed by atoms with Crippen molar-refractivity contribution in [3.63, 3.8) is 0 Å². The van der Waals surface area contributed by atoms with Crippen LogP contribution in [0, 0.1) is 12.7 Å². The summed E-state index contributed by atoms with van der Waals surface area (Å²) in [5.41, 5.74) is 4.84. The van der Waals surface area contributed by atoms with Crippen LogP contribution in [0.5, 0.6) is 0 Å². The van der Waals surface area contributed by atoms with Gasteiger partial charge >= 0.3 is 0 Å². The highest BCUT2D eigenvalue weighted by molar-refractivity contribution is 5.85. The van der Waals surface area contributed by atoms with E-state index < -0.39 is 0 Å². The molecular formula is C22H19FN4. The molecule has 0 aliphatic heterocycles. The molecule has 0 unspecified atom stereocenters. The second-order valence-electron chi connectivity index (χ2n) is 6.42. The molecule has 0 amide bonds. The Morgan fingerprint density at radius 3 is 2.74 bits per heavy atom. The van der Waals surface area contributed by atoms with Crippen molar-refractivity contribution in [1.29, 1.82) is 0 Å². The quantitative estimate of drug-likeness (QED) is 0.557. The molecule has 4 aromatic rings. The molecule has 134 valence electrons. The summed E-state index contributed by atoms with van der Waals surface area (Å²) in [6, 6.07) is 16.7. The predicted molar refractivity (Wildman–Crippen MR) is 106 cm³/mol. The molecule has 4 rings (SSSR count). The van der Waals surface area contributed by atoms with Crippen LogP contribution in [0.4, 0.5) is 10.3 Å². The number of halogens is 1. The molecule has 2 aromatic carbocycles. The minimum Gasteiger partial charge on any atom is -0.354 e. The number of hydrogen-bond acceptors (Lipinski definition) is 4. The smallest absolute Gasteiger partial charge is 0.223 e. The molecular weight excluding hydrogens is 339 g/mol. The number of nitrogens with one attached hydrogen (secondary N) is 1. The average Bonchev–Trinajstić information content (AvgIpc) is 2.68. The molecule has 0 spiro atoms. The van der Waals surface area contributed by atoms with Crippen molar-refractivity contribution < 1.29 is 4.39 Å². The molecule has 0 radical (unpaired) electrons. The minimum absolute atomic E-state index is 0.221. The summed E-state index contributed by atoms with van der Waals surface area (Å²) in [6.07, 6.45) is 4.42. The lowest BCUT2D eigenvalue weighted by atomic mass is 9.99. The van der Waals surface area contributed by atoms with Crippen molar-refractivity contribution in [1.82, 2.24) is 15.0 Å². The third-order valence-electron chi connectivity index (χ3n) is 4.47. The van der Waals surface area contributed by atoms with E-state index in [0.29, 0.717) is 5.95 Å². The third kappa shape index (κ3) is 3.92. The molecule has 5 heteroatoms. The lowest BCUT2D eigenvalue weighted by Gasteiger charge is -2.09. The topological polar surface area (TPSA) is 50.7 Å². The standard InChI is InChI=1S/C22H19FN4/c1-15-12-18(23)6-7-20(15)16-5-8-21-17(13-16)14-26-22(27-21)25-11-9-19-4-2-3-10-24-19/h2-8,10,12-14H,9,11H2,1H3,(H,25,26,27). The van der Waals surface area contributed by atoms with Crippen LogP contribution in [0.3, 0.4) is 0 Å². The zero-order chi connectivity index (χ0) is 18.6. The van der Waals surface area contributed by atoms with Crippen molar-refractivity contribution in [3.05, 3.63) is 84.1 Å². The Hall–Kier alpha value is -3.34. The molecule has 4 nitrogen and oxygen atoms in total. The van der Waals surface area contributed by atoms with Gasteiger partial charge in [-0.05, 0) is 60.0 Å². The Labute approximate surface area is 157 Å². The number of benzene rings is 2. The highest BCUT2D eigenvalue weighted by Crippen LogP contribution is 2.27. The second-order valence-corrected chi connectivity index (χ2v) is 6.42. The van der Waals surface area contributed by atoms with E-state index in [-0.39, 0.29) is 5.82 Å². The van der Waals surface area contributed by atoms with E-state index >= 15 is 0 Å². The minimum atomic E-state index is -0.221. The Morgan fingerprint density at radius 2 is 1.93 bits per heavy atom. The van der Waals surface area contributed by atoms with Gasteiger partial charge in [0.25, 0.3) is 0 Å².